The van der Waals surface area contributed by atoms with Crippen LogP contribution in [0.4, 0.5) is 4.79 Å². The molecule has 1 heterocycles. The molecule has 1 aliphatic heterocycles. The lowest BCUT2D eigenvalue weighted by Gasteiger charge is -2.34. The predicted molar refractivity (Wildman–Crippen MR) is 84.2 cm³/mol. The van der Waals surface area contributed by atoms with Crippen LogP contribution < -0.4 is 0 Å². The Kier molecular flexibility index (Phi) is 7.94. The van der Waals surface area contributed by atoms with E-state index in [4.69, 9.17) is 14.2 Å². The van der Waals surface area contributed by atoms with E-state index in [9.17, 15) is 14.7 Å². The number of methoxy groups -OCH3 is 1. The lowest BCUT2D eigenvalue weighted by atomic mass is 9.91. The molecule has 0 aromatic rings. The maximum atomic E-state index is 12.1. The van der Waals surface area contributed by atoms with E-state index < -0.39 is 17.8 Å². The number of likely N-dealkylation sites (tertiary alicyclic amines) is 1. The van der Waals surface area contributed by atoms with Crippen LogP contribution in [0.2, 0.25) is 0 Å². The van der Waals surface area contributed by atoms with Gasteiger partial charge in [0.25, 0.3) is 0 Å². The Morgan fingerprint density at radius 3 is 2.70 bits per heavy atom. The summed E-state index contributed by atoms with van der Waals surface area (Å²) >= 11 is 0. The van der Waals surface area contributed by atoms with Crippen molar-refractivity contribution < 1.29 is 28.9 Å². The zero-order valence-corrected chi connectivity index (χ0v) is 14.5. The standard InChI is InChI=1S/C16H29NO6/c1-16(2,3)23-15(20)17-6-5-14(19)12(10-17)9-13(18)11-22-8-7-21-4/h12-13,18H,5-11H2,1-4H3. The molecule has 134 valence electrons. The van der Waals surface area contributed by atoms with Crippen molar-refractivity contribution in [3.63, 3.8) is 0 Å². The fraction of sp³-hybridized carbons (Fsp3) is 0.875. The maximum absolute atomic E-state index is 12.1. The first-order valence-electron chi connectivity index (χ1n) is 7.98. The van der Waals surface area contributed by atoms with Gasteiger partial charge in [0.15, 0.2) is 0 Å². The highest BCUT2D eigenvalue weighted by atomic mass is 16.6. The minimum absolute atomic E-state index is 0.0701. The molecule has 0 radical (unpaired) electrons. The second-order valence-corrected chi connectivity index (χ2v) is 6.80. The Morgan fingerprint density at radius 2 is 2.09 bits per heavy atom. The van der Waals surface area contributed by atoms with Crippen LogP contribution in [0.3, 0.4) is 0 Å². The van der Waals surface area contributed by atoms with E-state index in [1.165, 1.54) is 4.90 Å². The summed E-state index contributed by atoms with van der Waals surface area (Å²) in [4.78, 5) is 25.6. The summed E-state index contributed by atoms with van der Waals surface area (Å²) in [6.45, 7) is 7.07. The summed E-state index contributed by atoms with van der Waals surface area (Å²) in [5.41, 5.74) is -0.567. The number of piperidine rings is 1. The highest BCUT2D eigenvalue weighted by molar-refractivity contribution is 5.84. The maximum Gasteiger partial charge on any atom is 0.410 e. The monoisotopic (exact) mass is 331 g/mol. The number of carbonyl (C=O) groups excluding carboxylic acids is 2. The molecule has 7 heteroatoms. The van der Waals surface area contributed by atoms with Gasteiger partial charge in [-0.1, -0.05) is 0 Å². The number of aliphatic hydroxyl groups excluding tert-OH is 1. The summed E-state index contributed by atoms with van der Waals surface area (Å²) in [6, 6.07) is 0. The summed E-state index contributed by atoms with van der Waals surface area (Å²) in [7, 11) is 1.58. The van der Waals surface area contributed by atoms with Gasteiger partial charge in [0.1, 0.15) is 11.4 Å². The van der Waals surface area contributed by atoms with Crippen LogP contribution in [-0.4, -0.2) is 73.6 Å². The van der Waals surface area contributed by atoms with Gasteiger partial charge in [0.05, 0.1) is 25.9 Å². The fourth-order valence-electron chi connectivity index (χ4n) is 2.36. The summed E-state index contributed by atoms with van der Waals surface area (Å²) < 4.78 is 15.4. The van der Waals surface area contributed by atoms with E-state index in [-0.39, 0.29) is 31.3 Å². The van der Waals surface area contributed by atoms with Crippen LogP contribution in [0, 0.1) is 5.92 Å². The molecule has 2 unspecified atom stereocenters. The van der Waals surface area contributed by atoms with Crippen LogP contribution in [0.25, 0.3) is 0 Å². The van der Waals surface area contributed by atoms with Crippen molar-refractivity contribution in [1.29, 1.82) is 0 Å². The zero-order chi connectivity index (χ0) is 17.5. The van der Waals surface area contributed by atoms with E-state index in [0.29, 0.717) is 26.2 Å². The Balaban J connectivity index is 2.44. The minimum atomic E-state index is -0.737. The highest BCUT2D eigenvalue weighted by Gasteiger charge is 2.33. The number of ketones is 1. The number of hydrogen-bond donors (Lipinski definition) is 1. The van der Waals surface area contributed by atoms with Gasteiger partial charge in [-0.25, -0.2) is 4.79 Å². The van der Waals surface area contributed by atoms with E-state index >= 15 is 0 Å². The van der Waals surface area contributed by atoms with Crippen molar-refractivity contribution in [1.82, 2.24) is 4.90 Å². The number of rotatable bonds is 7. The zero-order valence-electron chi connectivity index (χ0n) is 14.5. The Bertz CT molecular complexity index is 393. The molecule has 23 heavy (non-hydrogen) atoms. The van der Waals surface area contributed by atoms with Crippen molar-refractivity contribution in [2.45, 2.75) is 45.3 Å². The van der Waals surface area contributed by atoms with Crippen LogP contribution in [-0.2, 0) is 19.0 Å². The Morgan fingerprint density at radius 1 is 1.39 bits per heavy atom. The van der Waals surface area contributed by atoms with Crippen molar-refractivity contribution in [2.75, 3.05) is 40.0 Å². The molecule has 7 nitrogen and oxygen atoms in total. The van der Waals surface area contributed by atoms with Crippen molar-refractivity contribution in [3.05, 3.63) is 0 Å². The average Bonchev–Trinajstić information content (AvgIpc) is 2.44. The molecule has 1 amide bonds. The molecule has 2 atom stereocenters. The summed E-state index contributed by atoms with van der Waals surface area (Å²) in [5.74, 6) is -0.307. The largest absolute Gasteiger partial charge is 0.444 e. The van der Waals surface area contributed by atoms with Gasteiger partial charge in [-0.2, -0.15) is 0 Å². The molecule has 0 aromatic heterocycles. The van der Waals surface area contributed by atoms with Gasteiger partial charge in [-0.3, -0.25) is 4.79 Å². The number of Topliss-reactive ketones (excluding diaryl/α,β-unsaturated/α-hetero) is 1. The normalized spacial score (nSPS) is 20.5. The van der Waals surface area contributed by atoms with E-state index in [0.717, 1.165) is 0 Å². The predicted octanol–water partition coefficient (Wildman–Crippen LogP) is 1.23. The second-order valence-electron chi connectivity index (χ2n) is 6.80. The molecule has 1 saturated heterocycles. The Labute approximate surface area is 137 Å². The third-order valence-corrected chi connectivity index (χ3v) is 3.47. The molecule has 1 aliphatic rings. The smallest absolute Gasteiger partial charge is 0.410 e. The molecule has 0 aromatic carbocycles. The van der Waals surface area contributed by atoms with Gasteiger partial charge in [-0.15, -0.1) is 0 Å². The number of nitrogens with zero attached hydrogens (tertiary/aromatic N) is 1. The second kappa shape index (κ2) is 9.20. The molecular formula is C16H29NO6. The van der Waals surface area contributed by atoms with Gasteiger partial charge in [-0.05, 0) is 27.2 Å². The molecule has 0 spiro atoms. The summed E-state index contributed by atoms with van der Waals surface area (Å²) in [5, 5.41) is 9.98. The first-order valence-corrected chi connectivity index (χ1v) is 7.98. The fourth-order valence-corrected chi connectivity index (χ4v) is 2.36. The number of hydrogen-bond acceptors (Lipinski definition) is 6. The SMILES string of the molecule is COCCOCC(O)CC1CN(C(=O)OC(C)(C)C)CCC1=O. The molecule has 1 fully saturated rings. The lowest BCUT2D eigenvalue weighted by molar-refractivity contribution is -0.127. The van der Waals surface area contributed by atoms with Crippen molar-refractivity contribution in [2.24, 2.45) is 5.92 Å². The number of aliphatic hydroxyl groups is 1. The van der Waals surface area contributed by atoms with Crippen molar-refractivity contribution in [3.8, 4) is 0 Å². The van der Waals surface area contributed by atoms with Gasteiger partial charge in [0, 0.05) is 32.5 Å². The van der Waals surface area contributed by atoms with Crippen LogP contribution in [0.5, 0.6) is 0 Å². The first kappa shape index (κ1) is 19.9. The first-order chi connectivity index (χ1) is 10.7. The van der Waals surface area contributed by atoms with Crippen LogP contribution in [0.1, 0.15) is 33.6 Å². The van der Waals surface area contributed by atoms with E-state index in [1.54, 1.807) is 27.9 Å². The molecule has 0 saturated carbocycles. The van der Waals surface area contributed by atoms with Crippen LogP contribution >= 0.6 is 0 Å². The lowest BCUT2D eigenvalue weighted by Crippen LogP contribution is -2.47. The Hall–Kier alpha value is -1.18. The average molecular weight is 331 g/mol. The molecule has 0 aliphatic carbocycles. The number of ether oxygens (including phenoxy) is 3. The number of carbonyl (C=O) groups is 2. The minimum Gasteiger partial charge on any atom is -0.444 e. The third-order valence-electron chi connectivity index (χ3n) is 3.47. The molecule has 0 bridgehead atoms. The van der Waals surface area contributed by atoms with Gasteiger partial charge >= 0.3 is 6.09 Å². The van der Waals surface area contributed by atoms with Gasteiger partial charge < -0.3 is 24.2 Å². The summed E-state index contributed by atoms with van der Waals surface area (Å²) in [6.07, 6.45) is -0.577. The van der Waals surface area contributed by atoms with E-state index in [2.05, 4.69) is 0 Å². The number of amides is 1. The van der Waals surface area contributed by atoms with Crippen LogP contribution in [0.15, 0.2) is 0 Å². The molecular weight excluding hydrogens is 302 g/mol. The third kappa shape index (κ3) is 7.76. The highest BCUT2D eigenvalue weighted by Crippen LogP contribution is 2.20. The van der Waals surface area contributed by atoms with Crippen molar-refractivity contribution >= 4 is 11.9 Å². The molecule has 1 N–H and O–H groups in total. The molecule has 1 rings (SSSR count). The van der Waals surface area contributed by atoms with Gasteiger partial charge in [0.2, 0.25) is 0 Å². The van der Waals surface area contributed by atoms with E-state index in [1.807, 2.05) is 0 Å². The topological polar surface area (TPSA) is 85.3 Å². The quantitative estimate of drug-likeness (QED) is 0.706.